The molecule has 3 aromatic rings. The molecule has 2 aliphatic rings. The number of anilines is 1. The van der Waals surface area contributed by atoms with Gasteiger partial charge in [-0.2, -0.15) is 0 Å². The number of nitrogens with one attached hydrogen (secondary N) is 1. The van der Waals surface area contributed by atoms with Crippen molar-refractivity contribution < 1.29 is 14.6 Å². The number of methoxy groups -OCH3 is 1. The fourth-order valence-corrected chi connectivity index (χ4v) is 5.60. The minimum absolute atomic E-state index is 0.0832. The number of urea groups is 1. The lowest BCUT2D eigenvalue weighted by molar-refractivity contribution is -0.0585. The number of ether oxygens (including phenoxy) is 1. The zero-order valence-electron chi connectivity index (χ0n) is 20.1. The third-order valence-electron chi connectivity index (χ3n) is 7.41. The highest BCUT2D eigenvalue weighted by Crippen LogP contribution is 2.42. The summed E-state index contributed by atoms with van der Waals surface area (Å²) in [7, 11) is 1.61. The molecule has 0 spiro atoms. The Bertz CT molecular complexity index is 1140. The Kier molecular flexibility index (Phi) is 7.02. The second-order valence-corrected chi connectivity index (χ2v) is 9.35. The number of amides is 2. The Labute approximate surface area is 207 Å². The molecule has 2 heterocycles. The molecule has 0 unspecified atom stereocenters. The minimum atomic E-state index is -0.109. The van der Waals surface area contributed by atoms with Crippen LogP contribution in [0.15, 0.2) is 78.9 Å². The number of rotatable bonds is 5. The van der Waals surface area contributed by atoms with Crippen LogP contribution in [0.3, 0.4) is 0 Å². The van der Waals surface area contributed by atoms with E-state index in [-0.39, 0.29) is 30.6 Å². The summed E-state index contributed by atoms with van der Waals surface area (Å²) in [6.45, 7) is 2.42. The molecule has 0 aromatic heterocycles. The second-order valence-electron chi connectivity index (χ2n) is 9.35. The number of hydrogen-bond acceptors (Lipinski definition) is 4. The van der Waals surface area contributed by atoms with Crippen LogP contribution in [0.4, 0.5) is 10.5 Å². The summed E-state index contributed by atoms with van der Waals surface area (Å²) in [6.07, 6.45) is 1.95. The van der Waals surface area contributed by atoms with Crippen molar-refractivity contribution in [1.29, 1.82) is 0 Å². The first-order chi connectivity index (χ1) is 17.2. The van der Waals surface area contributed by atoms with Gasteiger partial charge in [0.15, 0.2) is 0 Å². The van der Waals surface area contributed by atoms with Gasteiger partial charge in [-0.3, -0.25) is 4.90 Å². The van der Waals surface area contributed by atoms with Crippen molar-refractivity contribution in [3.8, 4) is 16.9 Å². The number of fused-ring (bicyclic) bond motifs is 1. The van der Waals surface area contributed by atoms with Crippen LogP contribution < -0.4 is 10.1 Å². The van der Waals surface area contributed by atoms with Crippen molar-refractivity contribution in [3.63, 3.8) is 0 Å². The quantitative estimate of drug-likeness (QED) is 0.560. The molecule has 2 amide bonds. The molecule has 0 bridgehead atoms. The molecule has 2 fully saturated rings. The van der Waals surface area contributed by atoms with Gasteiger partial charge in [-0.15, -0.1) is 0 Å². The van der Waals surface area contributed by atoms with Crippen LogP contribution in [0.25, 0.3) is 11.1 Å². The lowest BCUT2D eigenvalue weighted by Crippen LogP contribution is -2.68. The highest BCUT2D eigenvalue weighted by molar-refractivity contribution is 5.91. The van der Waals surface area contributed by atoms with Crippen molar-refractivity contribution in [1.82, 2.24) is 9.80 Å². The first-order valence-corrected chi connectivity index (χ1v) is 12.4. The van der Waals surface area contributed by atoms with E-state index < -0.39 is 0 Å². The van der Waals surface area contributed by atoms with Gasteiger partial charge in [0.2, 0.25) is 0 Å². The maximum atomic E-state index is 13.3. The van der Waals surface area contributed by atoms with Crippen molar-refractivity contribution >= 4 is 11.7 Å². The zero-order valence-corrected chi connectivity index (χ0v) is 20.1. The summed E-state index contributed by atoms with van der Waals surface area (Å²) < 4.78 is 5.40. The molecule has 3 aromatic carbocycles. The first-order valence-electron chi connectivity index (χ1n) is 12.4. The molecule has 6 heteroatoms. The van der Waals surface area contributed by atoms with E-state index in [0.717, 1.165) is 25.9 Å². The predicted molar refractivity (Wildman–Crippen MR) is 139 cm³/mol. The fraction of sp³-hybridized carbons (Fsp3) is 0.345. The summed E-state index contributed by atoms with van der Waals surface area (Å²) in [6, 6.07) is 26.7. The number of hydrogen-bond donors (Lipinski definition) is 2. The Morgan fingerprint density at radius 1 is 0.943 bits per heavy atom. The summed E-state index contributed by atoms with van der Waals surface area (Å²) in [5, 5.41) is 13.3. The summed E-state index contributed by atoms with van der Waals surface area (Å²) in [5.41, 5.74) is 4.27. The average molecular weight is 472 g/mol. The van der Waals surface area contributed by atoms with E-state index in [4.69, 9.17) is 4.74 Å². The summed E-state index contributed by atoms with van der Waals surface area (Å²) in [5.74, 6) is 0.833. The third kappa shape index (κ3) is 4.77. The Morgan fingerprint density at radius 2 is 1.63 bits per heavy atom. The number of aliphatic hydroxyl groups excluding tert-OH is 1. The molecule has 0 aliphatic carbocycles. The molecule has 6 nitrogen and oxygen atoms in total. The molecule has 0 radical (unpaired) electrons. The molecule has 35 heavy (non-hydrogen) atoms. The van der Waals surface area contributed by atoms with E-state index >= 15 is 0 Å². The van der Waals surface area contributed by atoms with Gasteiger partial charge in [-0.1, -0.05) is 66.7 Å². The highest BCUT2D eigenvalue weighted by Gasteiger charge is 2.49. The van der Waals surface area contributed by atoms with Gasteiger partial charge >= 0.3 is 6.03 Å². The second kappa shape index (κ2) is 10.5. The maximum absolute atomic E-state index is 13.3. The van der Waals surface area contributed by atoms with Crippen LogP contribution in [0.2, 0.25) is 0 Å². The van der Waals surface area contributed by atoms with Crippen LogP contribution in [0.5, 0.6) is 5.75 Å². The molecular formula is C29H33N3O3. The number of nitrogens with zero attached hydrogens (tertiary/aromatic N) is 2. The SMILES string of the molecule is COc1ccccc1NC(=O)N1CCCCN2[C@@H](CO)[C@H](c3ccc(-c4ccccc4)cc3)[C@@H]2C1. The Morgan fingerprint density at radius 3 is 2.37 bits per heavy atom. The third-order valence-corrected chi connectivity index (χ3v) is 7.41. The van der Waals surface area contributed by atoms with Gasteiger partial charge in [-0.05, 0) is 48.2 Å². The van der Waals surface area contributed by atoms with Crippen LogP contribution in [-0.4, -0.2) is 66.4 Å². The largest absolute Gasteiger partial charge is 0.495 e. The van der Waals surface area contributed by atoms with E-state index in [9.17, 15) is 9.90 Å². The van der Waals surface area contributed by atoms with E-state index in [1.54, 1.807) is 7.11 Å². The monoisotopic (exact) mass is 471 g/mol. The lowest BCUT2D eigenvalue weighted by Gasteiger charge is -2.57. The number of aliphatic hydroxyl groups is 1. The number of carbonyl (C=O) groups is 1. The Hall–Kier alpha value is -3.35. The van der Waals surface area contributed by atoms with Gasteiger partial charge in [0.25, 0.3) is 0 Å². The molecular weight excluding hydrogens is 438 g/mol. The van der Waals surface area contributed by atoms with Gasteiger partial charge < -0.3 is 20.1 Å². The van der Waals surface area contributed by atoms with E-state index in [1.165, 1.54) is 16.7 Å². The topological polar surface area (TPSA) is 65.0 Å². The lowest BCUT2D eigenvalue weighted by atomic mass is 9.74. The van der Waals surface area contributed by atoms with Crippen molar-refractivity contribution in [2.45, 2.75) is 30.8 Å². The average Bonchev–Trinajstić information content (AvgIpc) is 2.89. The molecule has 3 atom stereocenters. The standard InChI is InChI=1S/C29H33N3O3/c1-35-27-12-6-5-11-24(27)30-29(34)31-17-7-8-18-32-25(19-31)28(26(32)20-33)23-15-13-22(14-16-23)21-9-3-2-4-10-21/h2-6,9-16,25-26,28,33H,7-8,17-20H2,1H3,(H,30,34)/t25-,26-,28+/m0/s1. The van der Waals surface area contributed by atoms with Crippen LogP contribution >= 0.6 is 0 Å². The van der Waals surface area contributed by atoms with Crippen molar-refractivity contribution in [2.24, 2.45) is 0 Å². The smallest absolute Gasteiger partial charge is 0.322 e. The first kappa shape index (κ1) is 23.4. The number of benzene rings is 3. The van der Waals surface area contributed by atoms with E-state index in [2.05, 4.69) is 46.6 Å². The van der Waals surface area contributed by atoms with Crippen molar-refractivity contribution in [3.05, 3.63) is 84.4 Å². The van der Waals surface area contributed by atoms with E-state index in [0.29, 0.717) is 18.0 Å². The van der Waals surface area contributed by atoms with Gasteiger partial charge in [0.1, 0.15) is 5.75 Å². The van der Waals surface area contributed by atoms with Gasteiger partial charge in [0, 0.05) is 31.1 Å². The number of para-hydroxylation sites is 2. The molecule has 0 saturated carbocycles. The minimum Gasteiger partial charge on any atom is -0.495 e. The summed E-state index contributed by atoms with van der Waals surface area (Å²) in [4.78, 5) is 17.6. The molecule has 182 valence electrons. The van der Waals surface area contributed by atoms with Crippen molar-refractivity contribution in [2.75, 3.05) is 38.7 Å². The molecule has 2 N–H and O–H groups in total. The molecule has 2 saturated heterocycles. The Balaban J connectivity index is 1.35. The zero-order chi connectivity index (χ0) is 24.2. The van der Waals surface area contributed by atoms with Crippen LogP contribution in [0, 0.1) is 0 Å². The normalized spacial score (nSPS) is 22.3. The van der Waals surface area contributed by atoms with Crippen LogP contribution in [0.1, 0.15) is 24.3 Å². The molecule has 5 rings (SSSR count). The highest BCUT2D eigenvalue weighted by atomic mass is 16.5. The maximum Gasteiger partial charge on any atom is 0.322 e. The van der Waals surface area contributed by atoms with Gasteiger partial charge in [0.05, 0.1) is 19.4 Å². The summed E-state index contributed by atoms with van der Waals surface area (Å²) >= 11 is 0. The van der Waals surface area contributed by atoms with Gasteiger partial charge in [-0.25, -0.2) is 4.79 Å². The predicted octanol–water partition coefficient (Wildman–Crippen LogP) is 4.82. The fourth-order valence-electron chi connectivity index (χ4n) is 5.60. The van der Waals surface area contributed by atoms with E-state index in [1.807, 2.05) is 47.4 Å². The van der Waals surface area contributed by atoms with Crippen LogP contribution in [-0.2, 0) is 0 Å². The molecule has 2 aliphatic heterocycles. The number of carbonyl (C=O) groups excluding carboxylic acids is 1.